The Balaban J connectivity index is 2.69. The summed E-state index contributed by atoms with van der Waals surface area (Å²) in [5.41, 5.74) is 0. The molecule has 0 saturated heterocycles. The van der Waals surface area contributed by atoms with E-state index < -0.39 is 25.7 Å². The summed E-state index contributed by atoms with van der Waals surface area (Å²) in [5, 5.41) is 0.220. The van der Waals surface area contributed by atoms with E-state index in [0.717, 1.165) is 0 Å². The van der Waals surface area contributed by atoms with Gasteiger partial charge in [-0.2, -0.15) is 0 Å². The fourth-order valence-corrected chi connectivity index (χ4v) is 37.3. The fraction of sp³-hybridized carbons (Fsp3) is 0.400. The molecule has 176 valence electrons. The third-order valence-electron chi connectivity index (χ3n) is 6.79. The molecular formula is C30H42NPSn. The summed E-state index contributed by atoms with van der Waals surface area (Å²) in [5.74, 6) is 0. The first kappa shape index (κ1) is 26.3. The summed E-state index contributed by atoms with van der Waals surface area (Å²) in [6.07, 6.45) is 0. The van der Waals surface area contributed by atoms with Crippen LogP contribution in [0.25, 0.3) is 0 Å². The molecule has 0 fully saturated rings. The molecule has 0 atom stereocenters. The zero-order chi connectivity index (χ0) is 24.5. The zero-order valence-electron chi connectivity index (χ0n) is 22.1. The predicted molar refractivity (Wildman–Crippen MR) is 153 cm³/mol. The van der Waals surface area contributed by atoms with Crippen LogP contribution in [0.5, 0.6) is 0 Å². The molecule has 33 heavy (non-hydrogen) atoms. The minimum atomic E-state index is -3.80. The molecule has 0 aromatic heterocycles. The van der Waals surface area contributed by atoms with Gasteiger partial charge in [0, 0.05) is 0 Å². The van der Waals surface area contributed by atoms with Gasteiger partial charge < -0.3 is 0 Å². The quantitative estimate of drug-likeness (QED) is 0.233. The summed E-state index contributed by atoms with van der Waals surface area (Å²) < 4.78 is 10.8. The van der Waals surface area contributed by atoms with Crippen molar-refractivity contribution in [2.24, 2.45) is 2.97 Å². The number of hydrogen-bond acceptors (Lipinski definition) is 1. The second kappa shape index (κ2) is 9.38. The monoisotopic (exact) mass is 567 g/mol. The zero-order valence-corrected chi connectivity index (χ0v) is 25.8. The molecule has 0 bridgehead atoms. The van der Waals surface area contributed by atoms with Gasteiger partial charge in [-0.1, -0.05) is 0 Å². The van der Waals surface area contributed by atoms with E-state index in [1.54, 1.807) is 0 Å². The minimum absolute atomic E-state index is 0.0734. The third kappa shape index (κ3) is 4.65. The van der Waals surface area contributed by atoms with Gasteiger partial charge in [0.25, 0.3) is 0 Å². The van der Waals surface area contributed by atoms with E-state index >= 15 is 0 Å². The molecule has 1 nitrogen and oxygen atoms in total. The first-order valence-corrected chi connectivity index (χ1v) is 19.4. The Labute approximate surface area is 207 Å². The van der Waals surface area contributed by atoms with E-state index in [1.165, 1.54) is 10.7 Å². The van der Waals surface area contributed by atoms with Gasteiger partial charge in [0.05, 0.1) is 0 Å². The van der Waals surface area contributed by atoms with Crippen molar-refractivity contribution in [1.29, 1.82) is 0 Å². The van der Waals surface area contributed by atoms with Crippen LogP contribution in [0.2, 0.25) is 0 Å². The standard InChI is InChI=1S/C12H27NP.3C6H5.Sn/c1-10(2,3)14(13,11(4,5)6)12(7,8)9;3*1-2-4-6-5-3-1;/h1-9H3;3*1-5H;/q-1;;;;+1. The molecule has 3 aromatic carbocycles. The van der Waals surface area contributed by atoms with Crippen LogP contribution in [-0.2, 0) is 0 Å². The summed E-state index contributed by atoms with van der Waals surface area (Å²) in [4.78, 5) is 0. The molecule has 0 radical (unpaired) electrons. The summed E-state index contributed by atoms with van der Waals surface area (Å²) in [6, 6.07) is 33.7. The van der Waals surface area contributed by atoms with Crippen molar-refractivity contribution in [3.8, 4) is 0 Å². The SMILES string of the molecule is CC(C)(C)P(=[N][Sn]([c]1ccccc1)([c]1ccccc1)[c]1ccccc1)(C(C)(C)C)C(C)(C)C. The molecule has 3 aromatic rings. The summed E-state index contributed by atoms with van der Waals surface area (Å²) in [6.45, 7) is 22.0. The number of benzene rings is 3. The van der Waals surface area contributed by atoms with E-state index in [0.29, 0.717) is 0 Å². The normalized spacial score (nSPS) is 13.6. The van der Waals surface area contributed by atoms with Gasteiger partial charge in [-0.25, -0.2) is 0 Å². The van der Waals surface area contributed by atoms with Crippen LogP contribution < -0.4 is 10.7 Å². The van der Waals surface area contributed by atoms with Crippen molar-refractivity contribution >= 4 is 36.4 Å². The van der Waals surface area contributed by atoms with Gasteiger partial charge in [-0.15, -0.1) is 0 Å². The van der Waals surface area contributed by atoms with E-state index in [9.17, 15) is 0 Å². The van der Waals surface area contributed by atoms with Gasteiger partial charge in [0.2, 0.25) is 0 Å². The van der Waals surface area contributed by atoms with Crippen molar-refractivity contribution in [3.63, 3.8) is 0 Å². The Morgan fingerprint density at radius 2 is 0.697 bits per heavy atom. The van der Waals surface area contributed by atoms with Crippen molar-refractivity contribution in [2.45, 2.75) is 77.8 Å². The number of rotatable bonds is 4. The molecular weight excluding hydrogens is 524 g/mol. The average molecular weight is 566 g/mol. The average Bonchev–Trinajstić information content (AvgIpc) is 2.74. The van der Waals surface area contributed by atoms with Crippen LogP contribution in [0.3, 0.4) is 0 Å². The maximum absolute atomic E-state index is 6.48. The van der Waals surface area contributed by atoms with Crippen LogP contribution in [0.4, 0.5) is 0 Å². The Morgan fingerprint density at radius 1 is 0.455 bits per heavy atom. The molecule has 3 rings (SSSR count). The first-order valence-electron chi connectivity index (χ1n) is 12.1. The Hall–Kier alpha value is -1.31. The van der Waals surface area contributed by atoms with Crippen LogP contribution in [0.1, 0.15) is 62.3 Å². The molecule has 0 aliphatic heterocycles. The van der Waals surface area contributed by atoms with Gasteiger partial charge in [0.1, 0.15) is 0 Å². The van der Waals surface area contributed by atoms with Crippen LogP contribution in [-0.4, -0.2) is 34.1 Å². The molecule has 0 aliphatic rings. The number of hydrogen-bond donors (Lipinski definition) is 0. The van der Waals surface area contributed by atoms with E-state index in [4.69, 9.17) is 2.97 Å². The molecule has 0 heterocycles. The van der Waals surface area contributed by atoms with Crippen molar-refractivity contribution in [2.75, 3.05) is 0 Å². The summed E-state index contributed by atoms with van der Waals surface area (Å²) >= 11 is -3.80. The van der Waals surface area contributed by atoms with Gasteiger partial charge in [0.15, 0.2) is 0 Å². The van der Waals surface area contributed by atoms with Crippen LogP contribution in [0.15, 0.2) is 94.0 Å². The van der Waals surface area contributed by atoms with Gasteiger partial charge >= 0.3 is 208 Å². The topological polar surface area (TPSA) is 12.4 Å². The predicted octanol–water partition coefficient (Wildman–Crippen LogP) is 7.25. The van der Waals surface area contributed by atoms with E-state index in [1.807, 2.05) is 0 Å². The van der Waals surface area contributed by atoms with Crippen LogP contribution >= 0.6 is 7.05 Å². The molecule has 0 spiro atoms. The van der Waals surface area contributed by atoms with Gasteiger partial charge in [-0.05, 0) is 0 Å². The Morgan fingerprint density at radius 3 is 0.909 bits per heavy atom. The third-order valence-corrected chi connectivity index (χ3v) is 28.4. The molecule has 0 saturated carbocycles. The molecule has 0 aliphatic carbocycles. The van der Waals surface area contributed by atoms with Gasteiger partial charge in [-0.3, -0.25) is 0 Å². The fourth-order valence-electron chi connectivity index (χ4n) is 6.40. The summed E-state index contributed by atoms with van der Waals surface area (Å²) in [7, 11) is -1.95. The van der Waals surface area contributed by atoms with E-state index in [2.05, 4.69) is 153 Å². The van der Waals surface area contributed by atoms with Crippen molar-refractivity contribution in [1.82, 2.24) is 0 Å². The van der Waals surface area contributed by atoms with E-state index in [-0.39, 0.29) is 15.5 Å². The molecule has 0 N–H and O–H groups in total. The van der Waals surface area contributed by atoms with Crippen LogP contribution in [0, 0.1) is 0 Å². The second-order valence-corrected chi connectivity index (χ2v) is 28.3. The number of nitrogens with zero attached hydrogens (tertiary/aromatic N) is 1. The Bertz CT molecular complexity index is 960. The first-order chi connectivity index (χ1) is 15.3. The molecule has 0 unspecified atom stereocenters. The molecule has 3 heteroatoms. The van der Waals surface area contributed by atoms with Crippen molar-refractivity contribution < 1.29 is 0 Å². The Kier molecular flexibility index (Phi) is 7.48. The van der Waals surface area contributed by atoms with Crippen molar-refractivity contribution in [3.05, 3.63) is 91.0 Å². The maximum atomic E-state index is 6.48. The second-order valence-electron chi connectivity index (χ2n) is 12.1. The molecule has 0 amide bonds.